The highest BCUT2D eigenvalue weighted by Crippen LogP contribution is 2.09. The van der Waals surface area contributed by atoms with Gasteiger partial charge in [-0.1, -0.05) is 56.7 Å². The van der Waals surface area contributed by atoms with E-state index in [2.05, 4.69) is 29.3 Å². The van der Waals surface area contributed by atoms with E-state index in [1.807, 2.05) is 25.1 Å². The fourth-order valence-electron chi connectivity index (χ4n) is 2.15. The molecule has 2 aromatic carbocycles. The van der Waals surface area contributed by atoms with E-state index in [4.69, 9.17) is 0 Å². The summed E-state index contributed by atoms with van der Waals surface area (Å²) in [5.41, 5.74) is 3.73. The van der Waals surface area contributed by atoms with Crippen molar-refractivity contribution in [1.82, 2.24) is 0 Å². The van der Waals surface area contributed by atoms with Crippen LogP contribution < -0.4 is 0 Å². The van der Waals surface area contributed by atoms with Gasteiger partial charge in [-0.2, -0.15) is 10.2 Å². The van der Waals surface area contributed by atoms with Crippen molar-refractivity contribution in [3.8, 4) is 0 Å². The molecule has 2 nitrogen and oxygen atoms in total. The highest BCUT2D eigenvalue weighted by Gasteiger charge is 1.99. The summed E-state index contributed by atoms with van der Waals surface area (Å²) in [5, 5.41) is 7.89. The minimum atomic E-state index is -0.262. The summed E-state index contributed by atoms with van der Waals surface area (Å²) in [4.78, 5) is 0. The fourth-order valence-corrected chi connectivity index (χ4v) is 2.15. The van der Waals surface area contributed by atoms with Crippen molar-refractivity contribution < 1.29 is 4.39 Å². The zero-order valence-corrected chi connectivity index (χ0v) is 13.1. The lowest BCUT2D eigenvalue weighted by Crippen LogP contribution is -1.90. The van der Waals surface area contributed by atoms with Crippen molar-refractivity contribution in [3.63, 3.8) is 0 Å². The predicted molar refractivity (Wildman–Crippen MR) is 91.4 cm³/mol. The molecule has 0 spiro atoms. The Labute approximate surface area is 131 Å². The Morgan fingerprint density at radius 2 is 1.59 bits per heavy atom. The third kappa shape index (κ3) is 4.62. The quantitative estimate of drug-likeness (QED) is 0.540. The molecule has 0 N–H and O–H groups in total. The van der Waals surface area contributed by atoms with Gasteiger partial charge in [0.2, 0.25) is 0 Å². The van der Waals surface area contributed by atoms with Gasteiger partial charge in [0.15, 0.2) is 0 Å². The Hall–Kier alpha value is -2.29. The van der Waals surface area contributed by atoms with Crippen LogP contribution in [0, 0.1) is 5.82 Å². The predicted octanol–water partition coefficient (Wildman–Crippen LogP) is 4.79. The van der Waals surface area contributed by atoms with Gasteiger partial charge in [0.25, 0.3) is 0 Å². The summed E-state index contributed by atoms with van der Waals surface area (Å²) in [5.74, 6) is -0.262. The van der Waals surface area contributed by atoms with Gasteiger partial charge in [-0.15, -0.1) is 0 Å². The molecular formula is C19H21FN2. The molecule has 0 aromatic heterocycles. The minimum absolute atomic E-state index is 0.262. The molecule has 0 aliphatic heterocycles. The summed E-state index contributed by atoms with van der Waals surface area (Å²) in [6.07, 6.45) is 6.16. The molecule has 2 aromatic rings. The number of nitrogens with zero attached hydrogens (tertiary/aromatic N) is 2. The Balaban J connectivity index is 1.99. The highest BCUT2D eigenvalue weighted by atomic mass is 19.1. The van der Waals surface area contributed by atoms with Crippen LogP contribution in [0.2, 0.25) is 0 Å². The van der Waals surface area contributed by atoms with E-state index < -0.39 is 0 Å². The van der Waals surface area contributed by atoms with E-state index in [9.17, 15) is 4.39 Å². The van der Waals surface area contributed by atoms with E-state index in [0.717, 1.165) is 30.4 Å². The molecule has 0 saturated carbocycles. The lowest BCUT2D eigenvalue weighted by Gasteiger charge is -1.99. The second kappa shape index (κ2) is 8.23. The standard InChI is InChI=1S/C19H21FN2/c1-3-5-16-6-8-17(9-7-16)13-21-22-14-18-11-10-15(4-2)12-19(18)20/h6-14H,3-5H2,1-2H3/b21-13+,22-14+. The number of aryl methyl sites for hydroxylation is 2. The molecule has 22 heavy (non-hydrogen) atoms. The molecule has 0 atom stereocenters. The van der Waals surface area contributed by atoms with Crippen LogP contribution in [0.25, 0.3) is 0 Å². The Kier molecular flexibility index (Phi) is 6.01. The van der Waals surface area contributed by atoms with E-state index in [0.29, 0.717) is 5.56 Å². The van der Waals surface area contributed by atoms with E-state index in [1.54, 1.807) is 12.3 Å². The van der Waals surface area contributed by atoms with Crippen molar-refractivity contribution in [2.24, 2.45) is 10.2 Å². The van der Waals surface area contributed by atoms with Gasteiger partial charge in [-0.25, -0.2) is 4.39 Å². The van der Waals surface area contributed by atoms with Crippen molar-refractivity contribution >= 4 is 12.4 Å². The summed E-state index contributed by atoms with van der Waals surface area (Å²) in [6, 6.07) is 13.4. The molecule has 0 bridgehead atoms. The zero-order chi connectivity index (χ0) is 15.8. The van der Waals surface area contributed by atoms with Crippen LogP contribution in [-0.2, 0) is 12.8 Å². The third-order valence-corrected chi connectivity index (χ3v) is 3.46. The van der Waals surface area contributed by atoms with Crippen LogP contribution in [0.4, 0.5) is 4.39 Å². The van der Waals surface area contributed by atoms with Crippen LogP contribution in [0.3, 0.4) is 0 Å². The molecule has 0 aliphatic rings. The smallest absolute Gasteiger partial charge is 0.132 e. The lowest BCUT2D eigenvalue weighted by molar-refractivity contribution is 0.624. The summed E-state index contributed by atoms with van der Waals surface area (Å²) < 4.78 is 13.8. The molecule has 0 amide bonds. The molecule has 3 heteroatoms. The van der Waals surface area contributed by atoms with Gasteiger partial charge in [-0.3, -0.25) is 0 Å². The molecule has 0 heterocycles. The third-order valence-electron chi connectivity index (χ3n) is 3.46. The Bertz CT molecular complexity index is 658. The average molecular weight is 296 g/mol. The van der Waals surface area contributed by atoms with Crippen molar-refractivity contribution in [2.45, 2.75) is 33.1 Å². The minimum Gasteiger partial charge on any atom is -0.206 e. The molecule has 114 valence electrons. The fraction of sp³-hybridized carbons (Fsp3) is 0.263. The van der Waals surface area contributed by atoms with E-state index in [1.165, 1.54) is 17.8 Å². The maximum Gasteiger partial charge on any atom is 0.132 e. The first-order valence-corrected chi connectivity index (χ1v) is 7.66. The average Bonchev–Trinajstić information content (AvgIpc) is 2.54. The number of hydrogen-bond donors (Lipinski definition) is 0. The summed E-state index contributed by atoms with van der Waals surface area (Å²) in [7, 11) is 0. The molecule has 0 radical (unpaired) electrons. The van der Waals surface area contributed by atoms with Crippen molar-refractivity contribution in [1.29, 1.82) is 0 Å². The molecule has 2 rings (SSSR count). The Morgan fingerprint density at radius 1 is 0.909 bits per heavy atom. The van der Waals surface area contributed by atoms with Gasteiger partial charge in [0, 0.05) is 5.56 Å². The molecule has 0 saturated heterocycles. The first-order valence-electron chi connectivity index (χ1n) is 7.66. The van der Waals surface area contributed by atoms with Crippen LogP contribution in [0.5, 0.6) is 0 Å². The number of rotatable bonds is 6. The van der Waals surface area contributed by atoms with Gasteiger partial charge in [0.05, 0.1) is 12.4 Å². The van der Waals surface area contributed by atoms with Crippen LogP contribution >= 0.6 is 0 Å². The molecule has 0 fully saturated rings. The maximum atomic E-state index is 13.8. The Morgan fingerprint density at radius 3 is 2.23 bits per heavy atom. The lowest BCUT2D eigenvalue weighted by atomic mass is 10.1. The number of hydrogen-bond acceptors (Lipinski definition) is 2. The number of benzene rings is 2. The normalized spacial score (nSPS) is 11.6. The van der Waals surface area contributed by atoms with Gasteiger partial charge in [0.1, 0.15) is 5.82 Å². The zero-order valence-electron chi connectivity index (χ0n) is 13.1. The monoisotopic (exact) mass is 296 g/mol. The van der Waals surface area contributed by atoms with Crippen molar-refractivity contribution in [3.05, 3.63) is 70.5 Å². The highest BCUT2D eigenvalue weighted by molar-refractivity contribution is 5.82. The van der Waals surface area contributed by atoms with Gasteiger partial charge in [-0.05, 0) is 35.6 Å². The van der Waals surface area contributed by atoms with Crippen LogP contribution in [0.15, 0.2) is 52.7 Å². The molecular weight excluding hydrogens is 275 g/mol. The molecule has 0 aliphatic carbocycles. The molecule has 0 unspecified atom stereocenters. The summed E-state index contributed by atoms with van der Waals surface area (Å²) >= 11 is 0. The first-order chi connectivity index (χ1) is 10.7. The number of halogens is 1. The van der Waals surface area contributed by atoms with E-state index in [-0.39, 0.29) is 5.82 Å². The van der Waals surface area contributed by atoms with Crippen LogP contribution in [0.1, 0.15) is 42.5 Å². The second-order valence-electron chi connectivity index (χ2n) is 5.19. The first kappa shape index (κ1) is 16.1. The maximum absolute atomic E-state index is 13.8. The largest absolute Gasteiger partial charge is 0.206 e. The topological polar surface area (TPSA) is 24.7 Å². The SMILES string of the molecule is CCCc1ccc(/C=N/N=C/c2ccc(CC)cc2F)cc1. The van der Waals surface area contributed by atoms with Gasteiger partial charge >= 0.3 is 0 Å². The van der Waals surface area contributed by atoms with Crippen LogP contribution in [-0.4, -0.2) is 12.4 Å². The second-order valence-corrected chi connectivity index (χ2v) is 5.19. The van der Waals surface area contributed by atoms with E-state index >= 15 is 0 Å². The summed E-state index contributed by atoms with van der Waals surface area (Å²) in [6.45, 7) is 4.16. The van der Waals surface area contributed by atoms with Gasteiger partial charge < -0.3 is 0 Å². The van der Waals surface area contributed by atoms with Crippen molar-refractivity contribution in [2.75, 3.05) is 0 Å².